The number of H-pyrrole nitrogens is 1. The number of aromatic nitrogens is 1. The molecule has 0 aliphatic carbocycles. The first-order chi connectivity index (χ1) is 10.2. The number of carbonyl (C=O) groups excluding carboxylic acids is 1. The number of rotatable bonds is 2. The van der Waals surface area contributed by atoms with E-state index in [0.29, 0.717) is 24.4 Å². The predicted octanol–water partition coefficient (Wildman–Crippen LogP) is 0.906. The van der Waals surface area contributed by atoms with Gasteiger partial charge in [0, 0.05) is 11.9 Å². The molecule has 1 aliphatic heterocycles. The maximum Gasteiger partial charge on any atom is 0.330 e. The molecule has 1 N–H and O–H groups in total. The number of anilines is 1. The average molecular weight is 288 g/mol. The van der Waals surface area contributed by atoms with Crippen LogP contribution in [0.2, 0.25) is 0 Å². The van der Waals surface area contributed by atoms with Crippen molar-refractivity contribution < 1.29 is 14.3 Å². The fourth-order valence-corrected chi connectivity index (χ4v) is 2.57. The van der Waals surface area contributed by atoms with Crippen LogP contribution in [0.1, 0.15) is 0 Å². The molecule has 0 amide bonds. The Balaban J connectivity index is 2.05. The van der Waals surface area contributed by atoms with E-state index >= 15 is 0 Å². The fourth-order valence-electron chi connectivity index (χ4n) is 2.57. The number of esters is 1. The van der Waals surface area contributed by atoms with Gasteiger partial charge in [0.1, 0.15) is 5.82 Å². The SMILES string of the molecule is COC(=O)C1COCCN1c1cc2ccccc2c(=O)[nH]1. The van der Waals surface area contributed by atoms with Crippen LogP contribution in [0.25, 0.3) is 10.8 Å². The lowest BCUT2D eigenvalue weighted by Gasteiger charge is -2.34. The number of nitrogens with one attached hydrogen (secondary N) is 1. The topological polar surface area (TPSA) is 71.6 Å². The fraction of sp³-hybridized carbons (Fsp3) is 0.333. The Morgan fingerprint density at radius 1 is 1.43 bits per heavy atom. The van der Waals surface area contributed by atoms with Gasteiger partial charge in [-0.05, 0) is 17.5 Å². The molecule has 3 rings (SSSR count). The van der Waals surface area contributed by atoms with E-state index in [4.69, 9.17) is 9.47 Å². The van der Waals surface area contributed by atoms with E-state index in [-0.39, 0.29) is 18.1 Å². The summed E-state index contributed by atoms with van der Waals surface area (Å²) in [6.45, 7) is 1.28. The van der Waals surface area contributed by atoms with E-state index in [1.165, 1.54) is 7.11 Å². The zero-order valence-corrected chi connectivity index (χ0v) is 11.7. The normalized spacial score (nSPS) is 18.7. The van der Waals surface area contributed by atoms with Gasteiger partial charge in [-0.3, -0.25) is 4.79 Å². The molecule has 6 nitrogen and oxygen atoms in total. The molecule has 1 saturated heterocycles. The van der Waals surface area contributed by atoms with Gasteiger partial charge in [-0.25, -0.2) is 4.79 Å². The summed E-state index contributed by atoms with van der Waals surface area (Å²) in [6, 6.07) is 8.68. The summed E-state index contributed by atoms with van der Waals surface area (Å²) < 4.78 is 10.1. The van der Waals surface area contributed by atoms with Crippen LogP contribution < -0.4 is 10.5 Å². The molecule has 1 aromatic carbocycles. The number of methoxy groups -OCH3 is 1. The number of hydrogen-bond donors (Lipinski definition) is 1. The Bertz CT molecular complexity index is 725. The summed E-state index contributed by atoms with van der Waals surface area (Å²) in [5.41, 5.74) is -0.168. The van der Waals surface area contributed by atoms with Gasteiger partial charge in [0.05, 0.1) is 20.3 Å². The van der Waals surface area contributed by atoms with Gasteiger partial charge < -0.3 is 19.4 Å². The standard InChI is InChI=1S/C15H16N2O4/c1-20-15(19)12-9-21-7-6-17(12)13-8-10-4-2-3-5-11(10)14(18)16-13/h2-5,8,12H,6-7,9H2,1H3,(H,16,18). The molecule has 1 atom stereocenters. The van der Waals surface area contributed by atoms with Gasteiger partial charge in [0.15, 0.2) is 6.04 Å². The van der Waals surface area contributed by atoms with Gasteiger partial charge in [-0.1, -0.05) is 18.2 Å². The van der Waals surface area contributed by atoms with E-state index in [0.717, 1.165) is 5.39 Å². The minimum Gasteiger partial charge on any atom is -0.467 e. The van der Waals surface area contributed by atoms with Crippen LogP contribution in [0.3, 0.4) is 0 Å². The molecule has 1 aliphatic rings. The molecule has 0 spiro atoms. The van der Waals surface area contributed by atoms with Crippen LogP contribution in [-0.2, 0) is 14.3 Å². The number of aromatic amines is 1. The smallest absolute Gasteiger partial charge is 0.330 e. The third kappa shape index (κ3) is 2.50. The lowest BCUT2D eigenvalue weighted by molar-refractivity contribution is -0.144. The highest BCUT2D eigenvalue weighted by molar-refractivity contribution is 5.85. The van der Waals surface area contributed by atoms with Crippen molar-refractivity contribution in [2.75, 3.05) is 31.8 Å². The monoisotopic (exact) mass is 288 g/mol. The highest BCUT2D eigenvalue weighted by Crippen LogP contribution is 2.20. The van der Waals surface area contributed by atoms with Crippen LogP contribution >= 0.6 is 0 Å². The first-order valence-electron chi connectivity index (χ1n) is 6.75. The summed E-state index contributed by atoms with van der Waals surface area (Å²) in [5.74, 6) is 0.237. The first kappa shape index (κ1) is 13.6. The minimum atomic E-state index is -0.541. The lowest BCUT2D eigenvalue weighted by atomic mass is 10.1. The van der Waals surface area contributed by atoms with Crippen LogP contribution in [0.15, 0.2) is 35.1 Å². The van der Waals surface area contributed by atoms with E-state index in [9.17, 15) is 9.59 Å². The number of carbonyl (C=O) groups is 1. The van der Waals surface area contributed by atoms with Gasteiger partial charge in [-0.15, -0.1) is 0 Å². The molecular formula is C15H16N2O4. The van der Waals surface area contributed by atoms with Crippen molar-refractivity contribution in [3.05, 3.63) is 40.7 Å². The molecule has 6 heteroatoms. The number of nitrogens with zero attached hydrogens (tertiary/aromatic N) is 1. The third-order valence-corrected chi connectivity index (χ3v) is 3.65. The quantitative estimate of drug-likeness (QED) is 0.832. The predicted molar refractivity (Wildman–Crippen MR) is 78.5 cm³/mol. The Labute approximate surface area is 121 Å². The van der Waals surface area contributed by atoms with Crippen molar-refractivity contribution in [2.45, 2.75) is 6.04 Å². The zero-order valence-electron chi connectivity index (χ0n) is 11.7. The second kappa shape index (κ2) is 5.57. The molecule has 2 aromatic rings. The highest BCUT2D eigenvalue weighted by Gasteiger charge is 2.31. The average Bonchev–Trinajstić information content (AvgIpc) is 2.54. The zero-order chi connectivity index (χ0) is 14.8. The van der Waals surface area contributed by atoms with Crippen molar-refractivity contribution in [2.24, 2.45) is 0 Å². The van der Waals surface area contributed by atoms with E-state index in [2.05, 4.69) is 4.98 Å². The summed E-state index contributed by atoms with van der Waals surface area (Å²) in [7, 11) is 1.35. The van der Waals surface area contributed by atoms with Crippen molar-refractivity contribution in [1.29, 1.82) is 0 Å². The van der Waals surface area contributed by atoms with Gasteiger partial charge in [-0.2, -0.15) is 0 Å². The Hall–Kier alpha value is -2.34. The Morgan fingerprint density at radius 2 is 2.24 bits per heavy atom. The van der Waals surface area contributed by atoms with Gasteiger partial charge in [0.2, 0.25) is 0 Å². The van der Waals surface area contributed by atoms with Gasteiger partial charge >= 0.3 is 5.97 Å². The molecule has 1 aromatic heterocycles. The van der Waals surface area contributed by atoms with E-state index in [1.54, 1.807) is 6.07 Å². The second-order valence-corrected chi connectivity index (χ2v) is 4.88. The van der Waals surface area contributed by atoms with Crippen LogP contribution in [0.5, 0.6) is 0 Å². The van der Waals surface area contributed by atoms with Crippen LogP contribution in [0.4, 0.5) is 5.82 Å². The summed E-state index contributed by atoms with van der Waals surface area (Å²) in [4.78, 5) is 28.7. The molecule has 0 radical (unpaired) electrons. The largest absolute Gasteiger partial charge is 0.467 e. The number of ether oxygens (including phenoxy) is 2. The lowest BCUT2D eigenvalue weighted by Crippen LogP contribution is -2.51. The Kier molecular flexibility index (Phi) is 3.62. The number of benzene rings is 1. The molecule has 0 saturated carbocycles. The number of hydrogen-bond acceptors (Lipinski definition) is 5. The van der Waals surface area contributed by atoms with Crippen LogP contribution in [0, 0.1) is 0 Å². The number of fused-ring (bicyclic) bond motifs is 1. The number of pyridine rings is 1. The summed E-state index contributed by atoms with van der Waals surface area (Å²) in [6.07, 6.45) is 0. The van der Waals surface area contributed by atoms with Crippen molar-refractivity contribution in [3.63, 3.8) is 0 Å². The minimum absolute atomic E-state index is 0.168. The summed E-state index contributed by atoms with van der Waals surface area (Å²) >= 11 is 0. The van der Waals surface area contributed by atoms with Gasteiger partial charge in [0.25, 0.3) is 5.56 Å². The summed E-state index contributed by atoms with van der Waals surface area (Å²) in [5, 5.41) is 1.47. The van der Waals surface area contributed by atoms with Crippen molar-refractivity contribution >= 4 is 22.6 Å². The maximum absolute atomic E-state index is 12.2. The first-order valence-corrected chi connectivity index (χ1v) is 6.75. The number of morpholine rings is 1. The van der Waals surface area contributed by atoms with E-state index in [1.807, 2.05) is 29.2 Å². The molecule has 1 unspecified atom stereocenters. The molecule has 110 valence electrons. The van der Waals surface area contributed by atoms with Crippen molar-refractivity contribution in [3.8, 4) is 0 Å². The highest BCUT2D eigenvalue weighted by atomic mass is 16.5. The van der Waals surface area contributed by atoms with E-state index < -0.39 is 6.04 Å². The maximum atomic E-state index is 12.2. The Morgan fingerprint density at radius 3 is 3.05 bits per heavy atom. The molecular weight excluding hydrogens is 272 g/mol. The third-order valence-electron chi connectivity index (χ3n) is 3.65. The molecule has 2 heterocycles. The second-order valence-electron chi connectivity index (χ2n) is 4.88. The molecule has 1 fully saturated rings. The van der Waals surface area contributed by atoms with Crippen molar-refractivity contribution in [1.82, 2.24) is 4.98 Å². The molecule has 0 bridgehead atoms. The molecule has 21 heavy (non-hydrogen) atoms. The van der Waals surface area contributed by atoms with Crippen LogP contribution in [-0.4, -0.2) is 43.9 Å².